The molecule has 4 rings (SSSR count). The van der Waals surface area contributed by atoms with Crippen LogP contribution < -0.4 is 5.32 Å². The molecule has 0 saturated heterocycles. The van der Waals surface area contributed by atoms with E-state index in [1.807, 2.05) is 24.3 Å². The summed E-state index contributed by atoms with van der Waals surface area (Å²) in [6, 6.07) is 17.1. The SMILES string of the molecule is CS(=O)(=O)c1cccc(C(NCc2nnc3n2CCCCC3)c2ccccc2)c1. The number of aryl methyl sites for hydroxylation is 1. The molecule has 1 N–H and O–H groups in total. The Labute approximate surface area is 171 Å². The first-order valence-corrected chi connectivity index (χ1v) is 11.9. The molecule has 0 amide bonds. The average Bonchev–Trinajstić information content (AvgIpc) is 2.95. The zero-order valence-corrected chi connectivity index (χ0v) is 17.4. The number of hydrogen-bond acceptors (Lipinski definition) is 5. The van der Waals surface area contributed by atoms with Crippen molar-refractivity contribution in [2.75, 3.05) is 6.26 Å². The van der Waals surface area contributed by atoms with E-state index in [0.29, 0.717) is 11.4 Å². The third-order valence-electron chi connectivity index (χ3n) is 5.40. The maximum Gasteiger partial charge on any atom is 0.175 e. The molecule has 0 saturated carbocycles. The normalized spacial score (nSPS) is 15.5. The van der Waals surface area contributed by atoms with Gasteiger partial charge in [-0.3, -0.25) is 5.32 Å². The molecule has 1 unspecified atom stereocenters. The fourth-order valence-electron chi connectivity index (χ4n) is 3.87. The average molecular weight is 411 g/mol. The summed E-state index contributed by atoms with van der Waals surface area (Å²) in [5, 5.41) is 12.4. The van der Waals surface area contributed by atoms with Gasteiger partial charge in [-0.1, -0.05) is 48.9 Å². The van der Waals surface area contributed by atoms with Crippen LogP contribution in [0.2, 0.25) is 0 Å². The van der Waals surface area contributed by atoms with Crippen molar-refractivity contribution in [1.29, 1.82) is 0 Å². The van der Waals surface area contributed by atoms with E-state index in [2.05, 4.69) is 32.2 Å². The van der Waals surface area contributed by atoms with Gasteiger partial charge in [0, 0.05) is 19.2 Å². The van der Waals surface area contributed by atoms with Gasteiger partial charge in [-0.15, -0.1) is 10.2 Å². The molecule has 6 nitrogen and oxygen atoms in total. The van der Waals surface area contributed by atoms with E-state index >= 15 is 0 Å². The predicted octanol–water partition coefficient (Wildman–Crippen LogP) is 3.29. The van der Waals surface area contributed by atoms with Crippen LogP contribution in [0.4, 0.5) is 0 Å². The van der Waals surface area contributed by atoms with Crippen molar-refractivity contribution in [2.45, 2.75) is 49.7 Å². The first-order valence-electron chi connectivity index (χ1n) is 10.0. The van der Waals surface area contributed by atoms with Crippen LogP contribution >= 0.6 is 0 Å². The Bertz CT molecular complexity index is 1080. The molecule has 1 atom stereocenters. The van der Waals surface area contributed by atoms with Crippen molar-refractivity contribution in [3.8, 4) is 0 Å². The number of benzene rings is 2. The Balaban J connectivity index is 1.64. The van der Waals surface area contributed by atoms with Gasteiger partial charge >= 0.3 is 0 Å². The molecule has 1 aromatic heterocycles. The first-order chi connectivity index (χ1) is 14.0. The van der Waals surface area contributed by atoms with Crippen molar-refractivity contribution in [3.63, 3.8) is 0 Å². The van der Waals surface area contributed by atoms with Crippen molar-refractivity contribution in [1.82, 2.24) is 20.1 Å². The third kappa shape index (κ3) is 4.57. The molecule has 0 fully saturated rings. The molecule has 0 aliphatic carbocycles. The quantitative estimate of drug-likeness (QED) is 0.675. The van der Waals surface area contributed by atoms with Crippen molar-refractivity contribution >= 4 is 9.84 Å². The second kappa shape index (κ2) is 8.47. The van der Waals surface area contributed by atoms with Crippen LogP contribution in [0.15, 0.2) is 59.5 Å². The minimum atomic E-state index is -3.27. The smallest absolute Gasteiger partial charge is 0.175 e. The zero-order valence-electron chi connectivity index (χ0n) is 16.6. The Hall–Kier alpha value is -2.51. The van der Waals surface area contributed by atoms with Crippen LogP contribution in [0.25, 0.3) is 0 Å². The topological polar surface area (TPSA) is 76.9 Å². The standard InChI is InChI=1S/C22H26N4O2S/c1-29(27,28)19-12-8-11-18(15-19)22(17-9-4-2-5-10-17)23-16-21-25-24-20-13-6-3-7-14-26(20)21/h2,4-5,8-12,15,22-23H,3,6-7,13-14,16H2,1H3. The highest BCUT2D eigenvalue weighted by Crippen LogP contribution is 2.25. The van der Waals surface area contributed by atoms with E-state index in [-0.39, 0.29) is 6.04 Å². The number of nitrogens with zero attached hydrogens (tertiary/aromatic N) is 3. The number of nitrogens with one attached hydrogen (secondary N) is 1. The van der Waals surface area contributed by atoms with Crippen molar-refractivity contribution in [2.24, 2.45) is 0 Å². The number of rotatable bonds is 6. The molecule has 7 heteroatoms. The van der Waals surface area contributed by atoms with Gasteiger partial charge in [0.1, 0.15) is 11.6 Å². The van der Waals surface area contributed by atoms with E-state index in [4.69, 9.17) is 0 Å². The summed E-state index contributed by atoms with van der Waals surface area (Å²) < 4.78 is 26.3. The van der Waals surface area contributed by atoms with Gasteiger partial charge in [-0.25, -0.2) is 8.42 Å². The fraction of sp³-hybridized carbons (Fsp3) is 0.364. The summed E-state index contributed by atoms with van der Waals surface area (Å²) in [6.45, 7) is 1.52. The van der Waals surface area contributed by atoms with Gasteiger partial charge in [-0.05, 0) is 36.1 Å². The molecule has 2 heterocycles. The maximum atomic E-state index is 12.0. The Morgan fingerprint density at radius 1 is 1.00 bits per heavy atom. The molecule has 29 heavy (non-hydrogen) atoms. The molecule has 3 aromatic rings. The Morgan fingerprint density at radius 2 is 1.79 bits per heavy atom. The largest absolute Gasteiger partial charge is 0.314 e. The lowest BCUT2D eigenvalue weighted by atomic mass is 9.99. The van der Waals surface area contributed by atoms with Gasteiger partial charge in [0.05, 0.1) is 17.5 Å². The number of hydrogen-bond donors (Lipinski definition) is 1. The summed E-state index contributed by atoms with van der Waals surface area (Å²) in [6.07, 6.45) is 5.75. The van der Waals surface area contributed by atoms with Crippen LogP contribution in [-0.4, -0.2) is 29.4 Å². The number of aromatic nitrogens is 3. The molecule has 2 aromatic carbocycles. The lowest BCUT2D eigenvalue weighted by Gasteiger charge is -2.20. The minimum absolute atomic E-state index is 0.142. The lowest BCUT2D eigenvalue weighted by molar-refractivity contribution is 0.542. The predicted molar refractivity (Wildman–Crippen MR) is 112 cm³/mol. The summed E-state index contributed by atoms with van der Waals surface area (Å²) in [5.74, 6) is 2.00. The van der Waals surface area contributed by atoms with E-state index < -0.39 is 9.84 Å². The second-order valence-electron chi connectivity index (χ2n) is 7.56. The molecular formula is C22H26N4O2S. The molecule has 1 aliphatic rings. The van der Waals surface area contributed by atoms with E-state index in [1.54, 1.807) is 18.2 Å². The maximum absolute atomic E-state index is 12.0. The van der Waals surface area contributed by atoms with Gasteiger partial charge in [-0.2, -0.15) is 0 Å². The van der Waals surface area contributed by atoms with Crippen LogP contribution in [0.5, 0.6) is 0 Å². The van der Waals surface area contributed by atoms with Crippen LogP contribution in [0.1, 0.15) is 48.1 Å². The Morgan fingerprint density at radius 3 is 2.59 bits per heavy atom. The Kier molecular flexibility index (Phi) is 5.78. The van der Waals surface area contributed by atoms with Crippen LogP contribution in [0, 0.1) is 0 Å². The molecule has 152 valence electrons. The summed E-state index contributed by atoms with van der Waals surface area (Å²) in [5.41, 5.74) is 1.99. The highest BCUT2D eigenvalue weighted by Gasteiger charge is 2.19. The molecule has 0 bridgehead atoms. The van der Waals surface area contributed by atoms with Crippen LogP contribution in [-0.2, 0) is 29.3 Å². The van der Waals surface area contributed by atoms with Gasteiger partial charge in [0.15, 0.2) is 9.84 Å². The molecular weight excluding hydrogens is 384 g/mol. The summed E-state index contributed by atoms with van der Waals surface area (Å²) in [7, 11) is -3.27. The monoisotopic (exact) mass is 410 g/mol. The van der Waals surface area contributed by atoms with Gasteiger partial charge in [0.2, 0.25) is 0 Å². The fourth-order valence-corrected chi connectivity index (χ4v) is 4.54. The second-order valence-corrected chi connectivity index (χ2v) is 9.58. The molecule has 0 radical (unpaired) electrons. The van der Waals surface area contributed by atoms with Crippen molar-refractivity contribution in [3.05, 3.63) is 77.4 Å². The van der Waals surface area contributed by atoms with Crippen LogP contribution in [0.3, 0.4) is 0 Å². The molecule has 0 spiro atoms. The summed E-state index contributed by atoms with van der Waals surface area (Å²) >= 11 is 0. The summed E-state index contributed by atoms with van der Waals surface area (Å²) in [4.78, 5) is 0.328. The highest BCUT2D eigenvalue weighted by atomic mass is 32.2. The minimum Gasteiger partial charge on any atom is -0.314 e. The van der Waals surface area contributed by atoms with E-state index in [0.717, 1.165) is 48.6 Å². The highest BCUT2D eigenvalue weighted by molar-refractivity contribution is 7.90. The molecule has 1 aliphatic heterocycles. The number of sulfone groups is 1. The van der Waals surface area contributed by atoms with E-state index in [9.17, 15) is 8.42 Å². The van der Waals surface area contributed by atoms with Crippen molar-refractivity contribution < 1.29 is 8.42 Å². The zero-order chi connectivity index (χ0) is 20.3. The lowest BCUT2D eigenvalue weighted by Crippen LogP contribution is -2.24. The van der Waals surface area contributed by atoms with E-state index in [1.165, 1.54) is 12.7 Å². The first kappa shape index (κ1) is 19.8. The number of fused-ring (bicyclic) bond motifs is 1. The van der Waals surface area contributed by atoms with Gasteiger partial charge in [0.25, 0.3) is 0 Å². The third-order valence-corrected chi connectivity index (χ3v) is 6.51. The van der Waals surface area contributed by atoms with Gasteiger partial charge < -0.3 is 4.57 Å².